The molecule has 2 unspecified atom stereocenters. The molecule has 0 saturated carbocycles. The van der Waals surface area contributed by atoms with E-state index >= 15 is 0 Å². The van der Waals surface area contributed by atoms with Gasteiger partial charge in [-0.15, -0.1) is 12.4 Å². The maximum Gasteiger partial charge on any atom is 0.263 e. The highest BCUT2D eigenvalue weighted by Crippen LogP contribution is 2.25. The topological polar surface area (TPSA) is 41.6 Å². The van der Waals surface area contributed by atoms with Gasteiger partial charge in [-0.25, -0.2) is 0 Å². The molecule has 2 rings (SSSR count). The fourth-order valence-electron chi connectivity index (χ4n) is 2.78. The molecule has 2 atom stereocenters. The Morgan fingerprint density at radius 3 is 2.61 bits per heavy atom. The van der Waals surface area contributed by atoms with Gasteiger partial charge >= 0.3 is 0 Å². The van der Waals surface area contributed by atoms with Gasteiger partial charge in [0.25, 0.3) is 5.91 Å². The molecule has 1 aromatic carbocycles. The summed E-state index contributed by atoms with van der Waals surface area (Å²) >= 11 is 0. The molecule has 1 aromatic rings. The average Bonchev–Trinajstić information content (AvgIpc) is 3.01. The van der Waals surface area contributed by atoms with Crippen molar-refractivity contribution in [3.63, 3.8) is 0 Å². The second-order valence-corrected chi connectivity index (χ2v) is 6.54. The van der Waals surface area contributed by atoms with Crippen LogP contribution in [0, 0.1) is 6.92 Å². The van der Waals surface area contributed by atoms with Gasteiger partial charge in [-0.1, -0.05) is 26.0 Å². The Bertz CT molecular complexity index is 528. The van der Waals surface area contributed by atoms with E-state index < -0.39 is 6.10 Å². The minimum atomic E-state index is -0.466. The van der Waals surface area contributed by atoms with Crippen LogP contribution in [0.2, 0.25) is 0 Å². The zero-order valence-corrected chi connectivity index (χ0v) is 15.6. The molecule has 1 aliphatic rings. The monoisotopic (exact) mass is 340 g/mol. The van der Waals surface area contributed by atoms with Crippen LogP contribution in [0.1, 0.15) is 44.2 Å². The van der Waals surface area contributed by atoms with Gasteiger partial charge in [0.05, 0.1) is 0 Å². The molecule has 23 heavy (non-hydrogen) atoms. The molecule has 1 heterocycles. The number of halogens is 1. The van der Waals surface area contributed by atoms with Crippen molar-refractivity contribution in [1.29, 1.82) is 0 Å². The number of ether oxygens (including phenoxy) is 1. The van der Waals surface area contributed by atoms with Crippen LogP contribution in [-0.2, 0) is 4.79 Å². The number of hydrogen-bond donors (Lipinski definition) is 1. The highest BCUT2D eigenvalue weighted by Gasteiger charge is 2.27. The lowest BCUT2D eigenvalue weighted by Gasteiger charge is -2.27. The van der Waals surface area contributed by atoms with Crippen LogP contribution in [0.15, 0.2) is 18.2 Å². The number of hydrogen-bond acceptors (Lipinski definition) is 3. The summed E-state index contributed by atoms with van der Waals surface area (Å²) in [6, 6.07) is 6.52. The first-order valence-corrected chi connectivity index (χ1v) is 8.14. The largest absolute Gasteiger partial charge is 0.481 e. The molecular weight excluding hydrogens is 312 g/mol. The summed E-state index contributed by atoms with van der Waals surface area (Å²) in [5.41, 5.74) is 2.29. The second-order valence-electron chi connectivity index (χ2n) is 6.54. The Morgan fingerprint density at radius 2 is 2.04 bits per heavy atom. The maximum absolute atomic E-state index is 12.5. The van der Waals surface area contributed by atoms with Gasteiger partial charge in [-0.3, -0.25) is 4.79 Å². The first-order chi connectivity index (χ1) is 10.4. The number of nitrogens with zero attached hydrogens (tertiary/aromatic N) is 1. The van der Waals surface area contributed by atoms with Crippen molar-refractivity contribution >= 4 is 18.3 Å². The molecule has 0 aromatic heterocycles. The van der Waals surface area contributed by atoms with Crippen molar-refractivity contribution in [3.05, 3.63) is 29.3 Å². The van der Waals surface area contributed by atoms with E-state index in [0.29, 0.717) is 5.92 Å². The fraction of sp³-hybridized carbons (Fsp3) is 0.611. The van der Waals surface area contributed by atoms with Crippen molar-refractivity contribution < 1.29 is 9.53 Å². The number of likely N-dealkylation sites (N-methyl/N-ethyl adjacent to an activating group) is 1. The zero-order valence-electron chi connectivity index (χ0n) is 14.8. The van der Waals surface area contributed by atoms with Crippen molar-refractivity contribution in [2.24, 2.45) is 0 Å². The Morgan fingerprint density at radius 1 is 1.35 bits per heavy atom. The van der Waals surface area contributed by atoms with E-state index in [1.54, 1.807) is 0 Å². The third kappa shape index (κ3) is 4.85. The van der Waals surface area contributed by atoms with E-state index in [-0.39, 0.29) is 24.4 Å². The third-order valence-electron chi connectivity index (χ3n) is 4.46. The number of carbonyl (C=O) groups is 1. The standard InChI is InChI=1S/C18H28N2O2.ClH/c1-12(2)15-7-6-13(3)17(10-15)22-14(4)18(21)20(5)16-8-9-19-11-16;/h6-7,10,12,14,16,19H,8-9,11H2,1-5H3;1H. The Kier molecular flexibility index (Phi) is 7.36. The molecule has 5 heteroatoms. The number of rotatable bonds is 5. The van der Waals surface area contributed by atoms with E-state index in [4.69, 9.17) is 4.74 Å². The van der Waals surface area contributed by atoms with Crippen LogP contribution in [-0.4, -0.2) is 43.1 Å². The van der Waals surface area contributed by atoms with Gasteiger partial charge < -0.3 is 15.0 Å². The Balaban J connectivity index is 0.00000264. The number of benzene rings is 1. The van der Waals surface area contributed by atoms with Crippen molar-refractivity contribution in [3.8, 4) is 5.75 Å². The molecule has 4 nitrogen and oxygen atoms in total. The second kappa shape index (κ2) is 8.55. The minimum absolute atomic E-state index is 0. The van der Waals surface area contributed by atoms with Crippen molar-refractivity contribution in [2.45, 2.75) is 52.2 Å². The molecule has 0 spiro atoms. The SMILES string of the molecule is Cc1ccc(C(C)C)cc1OC(C)C(=O)N(C)C1CCNC1.Cl. The van der Waals surface area contributed by atoms with E-state index in [9.17, 15) is 4.79 Å². The molecule has 1 aliphatic heterocycles. The first kappa shape index (κ1) is 19.8. The number of amides is 1. The summed E-state index contributed by atoms with van der Waals surface area (Å²) in [6.07, 6.45) is 0.545. The zero-order chi connectivity index (χ0) is 16.3. The smallest absolute Gasteiger partial charge is 0.263 e. The Labute approximate surface area is 146 Å². The maximum atomic E-state index is 12.5. The van der Waals surface area contributed by atoms with Gasteiger partial charge in [0.1, 0.15) is 5.75 Å². The van der Waals surface area contributed by atoms with Crippen LogP contribution >= 0.6 is 12.4 Å². The molecule has 1 amide bonds. The van der Waals surface area contributed by atoms with Gasteiger partial charge in [0.15, 0.2) is 6.10 Å². The molecule has 1 saturated heterocycles. The van der Waals surface area contributed by atoms with E-state index in [1.807, 2.05) is 25.8 Å². The van der Waals surface area contributed by atoms with Crippen LogP contribution in [0.25, 0.3) is 0 Å². The average molecular weight is 341 g/mol. The van der Waals surface area contributed by atoms with Crippen LogP contribution in [0.5, 0.6) is 5.75 Å². The fourth-order valence-corrected chi connectivity index (χ4v) is 2.78. The summed E-state index contributed by atoms with van der Waals surface area (Å²) in [6.45, 7) is 10.0. The highest BCUT2D eigenvalue weighted by atomic mass is 35.5. The molecular formula is C18H29ClN2O2. The lowest BCUT2D eigenvalue weighted by molar-refractivity contribution is -0.138. The summed E-state index contributed by atoms with van der Waals surface area (Å²) in [5.74, 6) is 1.30. The predicted molar refractivity (Wildman–Crippen MR) is 96.7 cm³/mol. The van der Waals surface area contributed by atoms with Gasteiger partial charge in [-0.05, 0) is 49.9 Å². The normalized spacial score (nSPS) is 18.4. The summed E-state index contributed by atoms with van der Waals surface area (Å²) in [5, 5.41) is 3.29. The van der Waals surface area contributed by atoms with Crippen molar-refractivity contribution in [2.75, 3.05) is 20.1 Å². The van der Waals surface area contributed by atoms with E-state index in [0.717, 1.165) is 30.8 Å². The van der Waals surface area contributed by atoms with Gasteiger partial charge in [0, 0.05) is 19.6 Å². The molecule has 130 valence electrons. The Hall–Kier alpha value is -1.26. The molecule has 0 radical (unpaired) electrons. The molecule has 1 fully saturated rings. The lowest BCUT2D eigenvalue weighted by atomic mass is 10.0. The molecule has 0 aliphatic carbocycles. The number of nitrogens with one attached hydrogen (secondary N) is 1. The summed E-state index contributed by atoms with van der Waals surface area (Å²) < 4.78 is 5.97. The predicted octanol–water partition coefficient (Wildman–Crippen LogP) is 3.13. The van der Waals surface area contributed by atoms with Gasteiger partial charge in [0.2, 0.25) is 0 Å². The van der Waals surface area contributed by atoms with Crippen LogP contribution in [0.4, 0.5) is 0 Å². The first-order valence-electron chi connectivity index (χ1n) is 8.14. The lowest BCUT2D eigenvalue weighted by Crippen LogP contribution is -2.44. The summed E-state index contributed by atoms with van der Waals surface area (Å²) in [4.78, 5) is 14.4. The summed E-state index contributed by atoms with van der Waals surface area (Å²) in [7, 11) is 1.87. The number of carbonyl (C=O) groups excluding carboxylic acids is 1. The third-order valence-corrected chi connectivity index (χ3v) is 4.46. The molecule has 1 N–H and O–H groups in total. The van der Waals surface area contributed by atoms with Crippen LogP contribution < -0.4 is 10.1 Å². The number of aryl methyl sites for hydroxylation is 1. The van der Waals surface area contributed by atoms with E-state index in [1.165, 1.54) is 5.56 Å². The minimum Gasteiger partial charge on any atom is -0.481 e. The van der Waals surface area contributed by atoms with Gasteiger partial charge in [-0.2, -0.15) is 0 Å². The van der Waals surface area contributed by atoms with Crippen molar-refractivity contribution in [1.82, 2.24) is 10.2 Å². The highest BCUT2D eigenvalue weighted by molar-refractivity contribution is 5.85. The quantitative estimate of drug-likeness (QED) is 0.895. The van der Waals surface area contributed by atoms with E-state index in [2.05, 4.69) is 37.4 Å². The van der Waals surface area contributed by atoms with Crippen LogP contribution in [0.3, 0.4) is 0 Å². The molecule has 0 bridgehead atoms.